The molecule has 0 bridgehead atoms. The molecule has 0 radical (unpaired) electrons. The van der Waals surface area contributed by atoms with Gasteiger partial charge >= 0.3 is 6.03 Å². The molecule has 1 atom stereocenters. The second-order valence-corrected chi connectivity index (χ2v) is 6.76. The van der Waals surface area contributed by atoms with Gasteiger partial charge in [0.25, 0.3) is 5.91 Å². The molecule has 24 heavy (non-hydrogen) atoms. The molecule has 0 aliphatic carbocycles. The van der Waals surface area contributed by atoms with E-state index in [0.717, 1.165) is 6.42 Å². The van der Waals surface area contributed by atoms with E-state index in [1.807, 2.05) is 4.90 Å². The zero-order chi connectivity index (χ0) is 17.3. The van der Waals surface area contributed by atoms with Crippen molar-refractivity contribution in [1.82, 2.24) is 10.2 Å². The molecule has 1 aromatic rings. The van der Waals surface area contributed by atoms with Crippen molar-refractivity contribution in [3.8, 4) is 5.75 Å². The van der Waals surface area contributed by atoms with E-state index in [1.54, 1.807) is 30.2 Å². The molecule has 0 aromatic heterocycles. The average Bonchev–Trinajstić information content (AvgIpc) is 3.20. The van der Waals surface area contributed by atoms with Crippen molar-refractivity contribution in [1.29, 1.82) is 0 Å². The number of hydrogen-bond donors (Lipinski definition) is 2. The number of methoxy groups -OCH3 is 1. The average molecular weight is 332 g/mol. The number of rotatable bonds is 4. The molecule has 130 valence electrons. The molecular formula is C17H24N4O3. The largest absolute Gasteiger partial charge is 0.495 e. The molecule has 1 aromatic carbocycles. The first-order chi connectivity index (χ1) is 11.5. The molecule has 0 saturated carbocycles. The van der Waals surface area contributed by atoms with Crippen molar-refractivity contribution in [2.75, 3.05) is 44.7 Å². The lowest BCUT2D eigenvalue weighted by Crippen LogP contribution is -2.34. The lowest BCUT2D eigenvalue weighted by atomic mass is 9.90. The third kappa shape index (κ3) is 2.91. The van der Waals surface area contributed by atoms with E-state index in [-0.39, 0.29) is 17.4 Å². The Kier molecular flexibility index (Phi) is 4.36. The number of ether oxygens (including phenoxy) is 1. The molecule has 0 spiro atoms. The van der Waals surface area contributed by atoms with Gasteiger partial charge in [-0.2, -0.15) is 0 Å². The number of nitrogens with two attached hydrogens (primary N) is 1. The Bertz CT molecular complexity index is 663. The van der Waals surface area contributed by atoms with E-state index in [2.05, 4.69) is 12.2 Å². The zero-order valence-electron chi connectivity index (χ0n) is 14.2. The molecule has 3 N–H and O–H groups in total. The van der Waals surface area contributed by atoms with E-state index < -0.39 is 0 Å². The van der Waals surface area contributed by atoms with Gasteiger partial charge in [0.05, 0.1) is 12.8 Å². The summed E-state index contributed by atoms with van der Waals surface area (Å²) in [5.41, 5.74) is 7.00. The van der Waals surface area contributed by atoms with E-state index in [4.69, 9.17) is 10.5 Å². The van der Waals surface area contributed by atoms with Crippen molar-refractivity contribution in [3.63, 3.8) is 0 Å². The Morgan fingerprint density at radius 3 is 2.79 bits per heavy atom. The minimum Gasteiger partial charge on any atom is -0.495 e. The molecule has 1 unspecified atom stereocenters. The van der Waals surface area contributed by atoms with Crippen molar-refractivity contribution in [3.05, 3.63) is 23.8 Å². The second-order valence-electron chi connectivity index (χ2n) is 6.76. The standard InChI is InChI=1S/C17H24N4O3/c1-17(10-18)5-7-20(11-17)15(22)12-3-4-14(24-2)13(9-12)21-8-6-19-16(21)23/h3-4,9H,5-8,10-11,18H2,1-2H3,(H,19,23). The summed E-state index contributed by atoms with van der Waals surface area (Å²) in [4.78, 5) is 28.2. The van der Waals surface area contributed by atoms with Crippen LogP contribution in [0, 0.1) is 5.41 Å². The van der Waals surface area contributed by atoms with Gasteiger partial charge in [0, 0.05) is 31.7 Å². The summed E-state index contributed by atoms with van der Waals surface area (Å²) >= 11 is 0. The van der Waals surface area contributed by atoms with E-state index in [9.17, 15) is 9.59 Å². The number of benzene rings is 1. The van der Waals surface area contributed by atoms with Gasteiger partial charge in [-0.05, 0) is 36.6 Å². The van der Waals surface area contributed by atoms with Gasteiger partial charge in [-0.15, -0.1) is 0 Å². The fraction of sp³-hybridized carbons (Fsp3) is 0.529. The highest BCUT2D eigenvalue weighted by Crippen LogP contribution is 2.33. The number of amides is 3. The van der Waals surface area contributed by atoms with Crippen molar-refractivity contribution in [2.45, 2.75) is 13.3 Å². The fourth-order valence-corrected chi connectivity index (χ4v) is 3.28. The highest BCUT2D eigenvalue weighted by molar-refractivity contribution is 6.00. The van der Waals surface area contributed by atoms with Crippen molar-refractivity contribution >= 4 is 17.6 Å². The number of hydrogen-bond acceptors (Lipinski definition) is 4. The van der Waals surface area contributed by atoms with Crippen LogP contribution in [-0.2, 0) is 0 Å². The fourth-order valence-electron chi connectivity index (χ4n) is 3.28. The normalized spacial score (nSPS) is 23.5. The van der Waals surface area contributed by atoms with Crippen LogP contribution in [0.25, 0.3) is 0 Å². The highest BCUT2D eigenvalue weighted by atomic mass is 16.5. The summed E-state index contributed by atoms with van der Waals surface area (Å²) in [6.07, 6.45) is 0.910. The SMILES string of the molecule is COc1ccc(C(=O)N2CCC(C)(CN)C2)cc1N1CCNC1=O. The molecule has 2 heterocycles. The third-order valence-corrected chi connectivity index (χ3v) is 4.91. The highest BCUT2D eigenvalue weighted by Gasteiger charge is 2.35. The van der Waals surface area contributed by atoms with E-state index >= 15 is 0 Å². The summed E-state index contributed by atoms with van der Waals surface area (Å²) in [7, 11) is 1.56. The minimum atomic E-state index is -0.172. The molecule has 7 nitrogen and oxygen atoms in total. The first-order valence-corrected chi connectivity index (χ1v) is 8.20. The maximum atomic E-state index is 12.8. The second kappa shape index (κ2) is 6.32. The number of nitrogens with one attached hydrogen (secondary N) is 1. The van der Waals surface area contributed by atoms with Crippen molar-refractivity contribution in [2.24, 2.45) is 11.1 Å². The first kappa shape index (κ1) is 16.6. The van der Waals surface area contributed by atoms with Crippen LogP contribution in [0.5, 0.6) is 5.75 Å². The molecule has 2 aliphatic heterocycles. The Hall–Kier alpha value is -2.28. The Morgan fingerprint density at radius 2 is 2.21 bits per heavy atom. The van der Waals surface area contributed by atoms with Gasteiger partial charge in [-0.1, -0.05) is 6.92 Å². The number of urea groups is 1. The van der Waals surface area contributed by atoms with Gasteiger partial charge in [0.2, 0.25) is 0 Å². The molecule has 3 amide bonds. The van der Waals surface area contributed by atoms with Crippen LogP contribution in [0.2, 0.25) is 0 Å². The molecule has 2 fully saturated rings. The number of nitrogens with zero attached hydrogens (tertiary/aromatic N) is 2. The summed E-state index contributed by atoms with van der Waals surface area (Å²) in [6, 6.07) is 5.06. The van der Waals surface area contributed by atoms with E-state index in [1.165, 1.54) is 0 Å². The zero-order valence-corrected chi connectivity index (χ0v) is 14.2. The summed E-state index contributed by atoms with van der Waals surface area (Å²) in [5, 5.41) is 2.76. The molecule has 2 saturated heterocycles. The minimum absolute atomic E-state index is 0.0141. The van der Waals surface area contributed by atoms with Gasteiger partial charge in [-0.3, -0.25) is 9.69 Å². The maximum Gasteiger partial charge on any atom is 0.322 e. The summed E-state index contributed by atoms with van der Waals surface area (Å²) < 4.78 is 5.35. The van der Waals surface area contributed by atoms with Gasteiger partial charge in [-0.25, -0.2) is 4.79 Å². The smallest absolute Gasteiger partial charge is 0.322 e. The Morgan fingerprint density at radius 1 is 1.42 bits per heavy atom. The first-order valence-electron chi connectivity index (χ1n) is 8.20. The van der Waals surface area contributed by atoms with E-state index in [0.29, 0.717) is 49.7 Å². The number of anilines is 1. The van der Waals surface area contributed by atoms with Gasteiger partial charge in [0.1, 0.15) is 5.75 Å². The number of likely N-dealkylation sites (tertiary alicyclic amines) is 1. The van der Waals surface area contributed by atoms with Crippen molar-refractivity contribution < 1.29 is 14.3 Å². The van der Waals surface area contributed by atoms with Crippen LogP contribution in [0.1, 0.15) is 23.7 Å². The molecular weight excluding hydrogens is 308 g/mol. The predicted octanol–water partition coefficient (Wildman–Crippen LogP) is 1.04. The molecule has 7 heteroatoms. The van der Waals surface area contributed by atoms with Gasteiger partial charge in [0.15, 0.2) is 0 Å². The van der Waals surface area contributed by atoms with Gasteiger partial charge < -0.3 is 20.7 Å². The number of carbonyl (C=O) groups is 2. The maximum absolute atomic E-state index is 12.8. The Balaban J connectivity index is 1.86. The number of carbonyl (C=O) groups excluding carboxylic acids is 2. The van der Waals surface area contributed by atoms with Crippen LogP contribution in [0.4, 0.5) is 10.5 Å². The quantitative estimate of drug-likeness (QED) is 0.862. The molecule has 3 rings (SSSR count). The predicted molar refractivity (Wildman–Crippen MR) is 91.4 cm³/mol. The van der Waals surface area contributed by atoms with Crippen LogP contribution in [0.15, 0.2) is 18.2 Å². The van der Waals surface area contributed by atoms with Crippen LogP contribution in [0.3, 0.4) is 0 Å². The molecule has 2 aliphatic rings. The Labute approximate surface area is 141 Å². The lowest BCUT2D eigenvalue weighted by Gasteiger charge is -2.23. The topological polar surface area (TPSA) is 87.9 Å². The third-order valence-electron chi connectivity index (χ3n) is 4.91. The summed E-state index contributed by atoms with van der Waals surface area (Å²) in [6.45, 7) is 5.18. The van der Waals surface area contributed by atoms with Crippen LogP contribution < -0.4 is 20.7 Å². The van der Waals surface area contributed by atoms with Crippen LogP contribution >= 0.6 is 0 Å². The summed E-state index contributed by atoms with van der Waals surface area (Å²) in [5.74, 6) is 0.549. The van der Waals surface area contributed by atoms with Crippen LogP contribution in [-0.4, -0.2) is 56.7 Å². The monoisotopic (exact) mass is 332 g/mol. The lowest BCUT2D eigenvalue weighted by molar-refractivity contribution is 0.0777.